The van der Waals surface area contributed by atoms with Gasteiger partial charge in [-0.1, -0.05) is 85.0 Å². The van der Waals surface area contributed by atoms with Gasteiger partial charge in [-0.3, -0.25) is 43.7 Å². The number of nitrogens with one attached hydrogen (secondary N) is 3. The number of fused-ring (bicyclic) bond motifs is 2. The van der Waals surface area contributed by atoms with Crippen LogP contribution >= 0.6 is 0 Å². The molecular formula is C49H56N8O8. The second-order valence-electron chi connectivity index (χ2n) is 17.2. The Morgan fingerprint density at radius 2 is 1.54 bits per heavy atom. The van der Waals surface area contributed by atoms with Crippen molar-refractivity contribution < 1.29 is 38.4 Å². The fraction of sp³-hybridized carbons (Fsp3) is 0.429. The zero-order valence-electron chi connectivity index (χ0n) is 36.3. The van der Waals surface area contributed by atoms with E-state index in [4.69, 9.17) is 11.5 Å². The van der Waals surface area contributed by atoms with Crippen molar-refractivity contribution in [2.24, 2.45) is 11.5 Å². The van der Waals surface area contributed by atoms with Gasteiger partial charge in [0.2, 0.25) is 41.4 Å². The first kappa shape index (κ1) is 46.1. The van der Waals surface area contributed by atoms with Crippen molar-refractivity contribution in [1.82, 2.24) is 30.7 Å². The lowest BCUT2D eigenvalue weighted by Gasteiger charge is -2.37. The highest BCUT2D eigenvalue weighted by atomic mass is 16.2. The Kier molecular flexibility index (Phi) is 15.1. The van der Waals surface area contributed by atoms with Crippen LogP contribution in [0.3, 0.4) is 0 Å². The standard InChI is InChI=1S/C49H56N8O8/c50-37-30-55(43(60)20-11-3-1-2-6-13-31-18-12-19-35-36(31)29-56(48(35)64)39-24-26-42(59)53-46(39)62)28-27-34-21-23-40(57(34)49(37)65)47(63)52-38(22-25-41(51)58)45(61)54-44(32-14-7-4-8-15-32)33-16-9-5-10-17-33/h4-5,7-10,12,14-19,34,37-40,44H,1-3,11,20-30,50H2,(H2,51,58)(H,52,63)(H,54,61)(H,53,59,62)/t34-,37+,38+,39?,40+/m1/s1. The minimum absolute atomic E-state index is 0.00950. The smallest absolute Gasteiger partial charge is 0.255 e. The SMILES string of the molecule is NC(=O)CC[C@H](NC(=O)[C@@H]1CC[C@@H]2CCN(C(=O)CCCCCC#Cc3cccc4c3CN(C3CCC(=O)NC3=O)C4=O)C[C@H](N)C(=O)N21)C(=O)NC(c1ccccc1)c1ccccc1. The van der Waals surface area contributed by atoms with Crippen LogP contribution in [0.4, 0.5) is 0 Å². The largest absolute Gasteiger partial charge is 0.370 e. The molecule has 0 aromatic heterocycles. The summed E-state index contributed by atoms with van der Waals surface area (Å²) in [6.45, 7) is 0.630. The summed E-state index contributed by atoms with van der Waals surface area (Å²) in [5, 5.41) is 8.20. The lowest BCUT2D eigenvalue weighted by atomic mass is 9.98. The molecule has 4 aliphatic heterocycles. The number of piperidine rings is 1. The molecule has 65 heavy (non-hydrogen) atoms. The molecule has 0 bridgehead atoms. The molecule has 7 N–H and O–H groups in total. The van der Waals surface area contributed by atoms with Crippen LogP contribution in [0.25, 0.3) is 0 Å². The number of hydrogen-bond donors (Lipinski definition) is 5. The normalized spacial score (nSPS) is 21.0. The molecule has 7 rings (SSSR count). The zero-order valence-corrected chi connectivity index (χ0v) is 36.3. The van der Waals surface area contributed by atoms with E-state index < -0.39 is 59.7 Å². The van der Waals surface area contributed by atoms with Crippen molar-refractivity contribution in [3.63, 3.8) is 0 Å². The molecule has 4 heterocycles. The van der Waals surface area contributed by atoms with Crippen molar-refractivity contribution in [3.8, 4) is 11.8 Å². The van der Waals surface area contributed by atoms with E-state index in [0.717, 1.165) is 35.1 Å². The Hall–Kier alpha value is -6.86. The van der Waals surface area contributed by atoms with Crippen LogP contribution in [-0.4, -0.2) is 105 Å². The van der Waals surface area contributed by atoms with E-state index in [-0.39, 0.29) is 69.0 Å². The molecule has 4 aliphatic rings. The van der Waals surface area contributed by atoms with E-state index in [1.807, 2.05) is 66.7 Å². The predicted molar refractivity (Wildman–Crippen MR) is 239 cm³/mol. The lowest BCUT2D eigenvalue weighted by molar-refractivity contribution is -0.145. The highest BCUT2D eigenvalue weighted by molar-refractivity contribution is 6.05. The lowest BCUT2D eigenvalue weighted by Crippen LogP contribution is -2.60. The average Bonchev–Trinajstić information content (AvgIpc) is 3.88. The van der Waals surface area contributed by atoms with Crippen LogP contribution in [0.1, 0.15) is 116 Å². The first-order valence-corrected chi connectivity index (χ1v) is 22.5. The maximum atomic E-state index is 14.0. The van der Waals surface area contributed by atoms with Crippen LogP contribution in [0.2, 0.25) is 0 Å². The number of benzene rings is 3. The Morgan fingerprint density at radius 1 is 0.815 bits per heavy atom. The minimum atomic E-state index is -1.11. The van der Waals surface area contributed by atoms with E-state index in [2.05, 4.69) is 27.8 Å². The molecule has 0 spiro atoms. The highest BCUT2D eigenvalue weighted by Crippen LogP contribution is 2.31. The van der Waals surface area contributed by atoms with Gasteiger partial charge in [0.1, 0.15) is 24.2 Å². The fourth-order valence-corrected chi connectivity index (χ4v) is 9.29. The summed E-state index contributed by atoms with van der Waals surface area (Å²) in [5.74, 6) is 3.15. The van der Waals surface area contributed by atoms with Gasteiger partial charge in [-0.05, 0) is 73.8 Å². The number of imide groups is 1. The van der Waals surface area contributed by atoms with Crippen molar-refractivity contribution in [3.05, 3.63) is 107 Å². The summed E-state index contributed by atoms with van der Waals surface area (Å²) in [7, 11) is 0. The van der Waals surface area contributed by atoms with Gasteiger partial charge in [0.15, 0.2) is 0 Å². The number of rotatable bonds is 15. The Balaban J connectivity index is 0.891. The topological polar surface area (TPSA) is 234 Å². The molecule has 0 aliphatic carbocycles. The number of primary amides is 1. The van der Waals surface area contributed by atoms with Gasteiger partial charge in [0.25, 0.3) is 5.91 Å². The van der Waals surface area contributed by atoms with E-state index in [0.29, 0.717) is 44.2 Å². The Morgan fingerprint density at radius 3 is 2.23 bits per heavy atom. The first-order chi connectivity index (χ1) is 31.4. The molecule has 1 unspecified atom stereocenters. The van der Waals surface area contributed by atoms with Gasteiger partial charge in [0, 0.05) is 62.5 Å². The van der Waals surface area contributed by atoms with E-state index >= 15 is 0 Å². The number of nitrogens with two attached hydrogens (primary N) is 2. The molecule has 8 amide bonds. The molecule has 16 nitrogen and oxygen atoms in total. The van der Waals surface area contributed by atoms with Crippen molar-refractivity contribution in [2.75, 3.05) is 13.1 Å². The number of unbranched alkanes of at least 4 members (excludes halogenated alkanes) is 3. The third kappa shape index (κ3) is 11.1. The molecule has 16 heteroatoms. The van der Waals surface area contributed by atoms with Gasteiger partial charge >= 0.3 is 0 Å². The molecule has 3 saturated heterocycles. The predicted octanol–water partition coefficient (Wildman–Crippen LogP) is 2.32. The third-order valence-corrected chi connectivity index (χ3v) is 12.7. The summed E-state index contributed by atoms with van der Waals surface area (Å²) in [5.41, 5.74) is 15.6. The third-order valence-electron chi connectivity index (χ3n) is 12.7. The fourth-order valence-electron chi connectivity index (χ4n) is 9.29. The molecule has 3 aromatic rings. The Bertz CT molecular complexity index is 2330. The van der Waals surface area contributed by atoms with Gasteiger partial charge in [0.05, 0.1) is 6.04 Å². The molecule has 340 valence electrons. The number of carbonyl (C=O) groups is 8. The number of amides is 8. The van der Waals surface area contributed by atoms with Crippen LogP contribution in [0, 0.1) is 11.8 Å². The van der Waals surface area contributed by atoms with Crippen LogP contribution < -0.4 is 27.4 Å². The van der Waals surface area contributed by atoms with E-state index in [1.165, 1.54) is 9.80 Å². The van der Waals surface area contributed by atoms with Gasteiger partial charge in [-0.15, -0.1) is 0 Å². The molecule has 3 aromatic carbocycles. The van der Waals surface area contributed by atoms with Crippen LogP contribution in [0.5, 0.6) is 0 Å². The van der Waals surface area contributed by atoms with E-state index in [1.54, 1.807) is 17.0 Å². The first-order valence-electron chi connectivity index (χ1n) is 22.5. The van der Waals surface area contributed by atoms with E-state index in [9.17, 15) is 38.4 Å². The van der Waals surface area contributed by atoms with Crippen molar-refractivity contribution in [2.45, 2.75) is 120 Å². The number of carbonyl (C=O) groups excluding carboxylic acids is 8. The minimum Gasteiger partial charge on any atom is -0.370 e. The molecule has 0 radical (unpaired) electrons. The summed E-state index contributed by atoms with van der Waals surface area (Å²) in [4.78, 5) is 109. The maximum Gasteiger partial charge on any atom is 0.255 e. The van der Waals surface area contributed by atoms with Crippen LogP contribution in [-0.2, 0) is 40.1 Å². The summed E-state index contributed by atoms with van der Waals surface area (Å²) in [6.07, 6.45) is 4.59. The average molecular weight is 885 g/mol. The molecule has 0 saturated carbocycles. The van der Waals surface area contributed by atoms with Crippen molar-refractivity contribution >= 4 is 47.3 Å². The second kappa shape index (κ2) is 21.2. The summed E-state index contributed by atoms with van der Waals surface area (Å²) < 4.78 is 0. The van der Waals surface area contributed by atoms with Crippen LogP contribution in [0.15, 0.2) is 78.9 Å². The Labute approximate surface area is 378 Å². The zero-order chi connectivity index (χ0) is 46.0. The van der Waals surface area contributed by atoms with Gasteiger partial charge in [-0.25, -0.2) is 0 Å². The maximum absolute atomic E-state index is 14.0. The monoisotopic (exact) mass is 884 g/mol. The second-order valence-corrected chi connectivity index (χ2v) is 17.2. The molecule has 5 atom stereocenters. The highest BCUT2D eigenvalue weighted by Gasteiger charge is 2.45. The van der Waals surface area contributed by atoms with Gasteiger partial charge < -0.3 is 36.8 Å². The van der Waals surface area contributed by atoms with Crippen molar-refractivity contribution in [1.29, 1.82) is 0 Å². The summed E-state index contributed by atoms with van der Waals surface area (Å²) >= 11 is 0. The summed E-state index contributed by atoms with van der Waals surface area (Å²) in [6, 6.07) is 19.5. The quantitative estimate of drug-likeness (QED) is 0.0855. The molecular weight excluding hydrogens is 829 g/mol. The van der Waals surface area contributed by atoms with Gasteiger partial charge in [-0.2, -0.15) is 0 Å². The number of nitrogens with zero attached hydrogens (tertiary/aromatic N) is 3. The molecule has 3 fully saturated rings. The number of hydrogen-bond acceptors (Lipinski definition) is 9.